The summed E-state index contributed by atoms with van der Waals surface area (Å²) in [6.07, 6.45) is 0.817. The Morgan fingerprint density at radius 3 is 2.74 bits per heavy atom. The van der Waals surface area contributed by atoms with E-state index in [0.717, 1.165) is 27.7 Å². The van der Waals surface area contributed by atoms with E-state index < -0.39 is 0 Å². The molecule has 2 aromatic rings. The van der Waals surface area contributed by atoms with Crippen molar-refractivity contribution < 1.29 is 4.39 Å². The van der Waals surface area contributed by atoms with Crippen LogP contribution in [0.4, 0.5) is 10.2 Å². The minimum Gasteiger partial charge on any atom is -0.384 e. The van der Waals surface area contributed by atoms with E-state index in [-0.39, 0.29) is 5.82 Å². The van der Waals surface area contributed by atoms with Gasteiger partial charge < -0.3 is 5.73 Å². The van der Waals surface area contributed by atoms with Crippen LogP contribution in [0.1, 0.15) is 19.4 Å². The largest absolute Gasteiger partial charge is 0.384 e. The van der Waals surface area contributed by atoms with Gasteiger partial charge in [0.2, 0.25) is 0 Å². The predicted molar refractivity (Wildman–Crippen MR) is 79.3 cm³/mol. The molecule has 0 atom stereocenters. The van der Waals surface area contributed by atoms with Gasteiger partial charge in [-0.3, -0.25) is 4.68 Å². The van der Waals surface area contributed by atoms with Crippen LogP contribution in [0.15, 0.2) is 22.7 Å². The third-order valence-electron chi connectivity index (χ3n) is 2.99. The van der Waals surface area contributed by atoms with E-state index >= 15 is 0 Å². The molecule has 0 spiro atoms. The van der Waals surface area contributed by atoms with Crippen molar-refractivity contribution >= 4 is 21.7 Å². The molecule has 0 bridgehead atoms. The molecule has 0 aliphatic rings. The second-order valence-electron chi connectivity index (χ2n) is 5.06. The summed E-state index contributed by atoms with van der Waals surface area (Å²) < 4.78 is 15.9. The lowest BCUT2D eigenvalue weighted by atomic mass is 9.99. The topological polar surface area (TPSA) is 43.8 Å². The first-order chi connectivity index (χ1) is 8.90. The molecule has 0 radical (unpaired) electrons. The number of nitrogen functional groups attached to an aromatic ring is 1. The molecule has 1 aromatic carbocycles. The van der Waals surface area contributed by atoms with Gasteiger partial charge >= 0.3 is 0 Å². The lowest BCUT2D eigenvalue weighted by Crippen LogP contribution is -2.02. The second kappa shape index (κ2) is 5.33. The van der Waals surface area contributed by atoms with Gasteiger partial charge in [0.1, 0.15) is 11.6 Å². The average Bonchev–Trinajstić information content (AvgIpc) is 2.60. The van der Waals surface area contributed by atoms with Gasteiger partial charge in [0.25, 0.3) is 0 Å². The maximum absolute atomic E-state index is 13.4. The summed E-state index contributed by atoms with van der Waals surface area (Å²) in [5, 5.41) is 4.43. The molecule has 1 aromatic heterocycles. The third kappa shape index (κ3) is 2.81. The van der Waals surface area contributed by atoms with Crippen molar-refractivity contribution in [2.24, 2.45) is 13.0 Å². The molecule has 3 nitrogen and oxygen atoms in total. The molecule has 2 N–H and O–H groups in total. The molecule has 0 saturated carbocycles. The number of nitrogens with zero attached hydrogens (tertiary/aromatic N) is 2. The van der Waals surface area contributed by atoms with Crippen LogP contribution in [0.2, 0.25) is 0 Å². The van der Waals surface area contributed by atoms with Gasteiger partial charge in [-0.2, -0.15) is 5.10 Å². The smallest absolute Gasteiger partial charge is 0.125 e. The van der Waals surface area contributed by atoms with Gasteiger partial charge in [-0.1, -0.05) is 29.8 Å². The normalized spacial score (nSPS) is 11.3. The fourth-order valence-corrected chi connectivity index (χ4v) is 2.52. The predicted octanol–water partition coefficient (Wildman–Crippen LogP) is 3.77. The summed E-state index contributed by atoms with van der Waals surface area (Å²) in [5.74, 6) is 0.815. The highest BCUT2D eigenvalue weighted by atomic mass is 79.9. The van der Waals surface area contributed by atoms with Gasteiger partial charge in [0.15, 0.2) is 0 Å². The van der Waals surface area contributed by atoms with Crippen LogP contribution >= 0.6 is 15.9 Å². The van der Waals surface area contributed by atoms with Crippen LogP contribution in [0.25, 0.3) is 11.3 Å². The summed E-state index contributed by atoms with van der Waals surface area (Å²) in [7, 11) is 1.80. The summed E-state index contributed by atoms with van der Waals surface area (Å²) in [6.45, 7) is 4.24. The average molecular weight is 326 g/mol. The second-order valence-corrected chi connectivity index (χ2v) is 5.91. The number of anilines is 1. The fourth-order valence-electron chi connectivity index (χ4n) is 2.09. The van der Waals surface area contributed by atoms with Crippen LogP contribution in [0.5, 0.6) is 0 Å². The first-order valence-electron chi connectivity index (χ1n) is 6.17. The summed E-state index contributed by atoms with van der Waals surface area (Å²) in [6, 6.07) is 4.59. The Bertz CT molecular complexity index is 605. The van der Waals surface area contributed by atoms with Crippen LogP contribution in [-0.2, 0) is 13.5 Å². The molecular weight excluding hydrogens is 309 g/mol. The summed E-state index contributed by atoms with van der Waals surface area (Å²) >= 11 is 3.44. The molecule has 5 heteroatoms. The number of benzene rings is 1. The molecule has 102 valence electrons. The first kappa shape index (κ1) is 14.1. The van der Waals surface area contributed by atoms with Crippen molar-refractivity contribution in [3.8, 4) is 11.3 Å². The van der Waals surface area contributed by atoms with Crippen LogP contribution < -0.4 is 5.73 Å². The van der Waals surface area contributed by atoms with E-state index in [1.54, 1.807) is 17.8 Å². The Kier molecular flexibility index (Phi) is 3.94. The van der Waals surface area contributed by atoms with E-state index in [0.29, 0.717) is 11.7 Å². The molecule has 0 saturated heterocycles. The maximum Gasteiger partial charge on any atom is 0.125 e. The van der Waals surface area contributed by atoms with Gasteiger partial charge in [-0.15, -0.1) is 0 Å². The zero-order valence-corrected chi connectivity index (χ0v) is 12.8. The minimum absolute atomic E-state index is 0.280. The monoisotopic (exact) mass is 325 g/mol. The Hall–Kier alpha value is -1.36. The van der Waals surface area contributed by atoms with Gasteiger partial charge in [-0.05, 0) is 30.5 Å². The number of aryl methyl sites for hydroxylation is 1. The van der Waals surface area contributed by atoms with Crippen molar-refractivity contribution in [3.05, 3.63) is 34.1 Å². The SMILES string of the molecule is CC(C)Cc1c(-c2cc(F)ccc2Br)nn(C)c1N. The Morgan fingerprint density at radius 2 is 2.11 bits per heavy atom. The molecule has 0 amide bonds. The van der Waals surface area contributed by atoms with Crippen molar-refractivity contribution in [2.45, 2.75) is 20.3 Å². The summed E-state index contributed by atoms with van der Waals surface area (Å²) in [4.78, 5) is 0. The van der Waals surface area contributed by atoms with Crippen molar-refractivity contribution in [1.29, 1.82) is 0 Å². The van der Waals surface area contributed by atoms with E-state index in [9.17, 15) is 4.39 Å². The zero-order valence-electron chi connectivity index (χ0n) is 11.2. The van der Waals surface area contributed by atoms with Crippen LogP contribution in [0.3, 0.4) is 0 Å². The molecule has 0 aliphatic heterocycles. The molecule has 1 heterocycles. The first-order valence-corrected chi connectivity index (χ1v) is 6.96. The lowest BCUT2D eigenvalue weighted by molar-refractivity contribution is 0.627. The minimum atomic E-state index is -0.280. The van der Waals surface area contributed by atoms with Gasteiger partial charge in [0, 0.05) is 22.6 Å². The van der Waals surface area contributed by atoms with Gasteiger partial charge in [-0.25, -0.2) is 4.39 Å². The molecule has 2 rings (SSSR count). The molecule has 0 aliphatic carbocycles. The zero-order chi connectivity index (χ0) is 14.2. The highest BCUT2D eigenvalue weighted by Gasteiger charge is 2.18. The number of halogens is 2. The molecular formula is C14H17BrFN3. The van der Waals surface area contributed by atoms with Crippen LogP contribution in [0, 0.1) is 11.7 Å². The summed E-state index contributed by atoms with van der Waals surface area (Å²) in [5.41, 5.74) is 8.53. The lowest BCUT2D eigenvalue weighted by Gasteiger charge is -2.08. The third-order valence-corrected chi connectivity index (χ3v) is 3.68. The fraction of sp³-hybridized carbons (Fsp3) is 0.357. The van der Waals surface area contributed by atoms with E-state index in [1.807, 2.05) is 0 Å². The Morgan fingerprint density at radius 1 is 1.42 bits per heavy atom. The van der Waals surface area contributed by atoms with Crippen molar-refractivity contribution in [1.82, 2.24) is 9.78 Å². The van der Waals surface area contributed by atoms with Crippen LogP contribution in [-0.4, -0.2) is 9.78 Å². The Balaban J connectivity index is 2.61. The number of rotatable bonds is 3. The van der Waals surface area contributed by atoms with Crippen molar-refractivity contribution in [2.75, 3.05) is 5.73 Å². The highest BCUT2D eigenvalue weighted by molar-refractivity contribution is 9.10. The van der Waals surface area contributed by atoms with E-state index in [4.69, 9.17) is 5.73 Å². The van der Waals surface area contributed by atoms with E-state index in [1.165, 1.54) is 12.1 Å². The quantitative estimate of drug-likeness (QED) is 0.933. The number of hydrogen-bond acceptors (Lipinski definition) is 2. The highest BCUT2D eigenvalue weighted by Crippen LogP contribution is 2.34. The molecule has 0 unspecified atom stereocenters. The standard InChI is InChI=1S/C14H17BrFN3/c1-8(2)6-11-13(18-19(3)14(11)17)10-7-9(16)4-5-12(10)15/h4-5,7-8H,6,17H2,1-3H3. The van der Waals surface area contributed by atoms with E-state index in [2.05, 4.69) is 34.9 Å². The maximum atomic E-state index is 13.4. The number of hydrogen-bond donors (Lipinski definition) is 1. The molecule has 19 heavy (non-hydrogen) atoms. The Labute approximate surface area is 120 Å². The number of aromatic nitrogens is 2. The van der Waals surface area contributed by atoms with Crippen molar-refractivity contribution in [3.63, 3.8) is 0 Å². The number of nitrogens with two attached hydrogens (primary N) is 1. The van der Waals surface area contributed by atoms with Gasteiger partial charge in [0.05, 0.1) is 5.69 Å². The molecule has 0 fully saturated rings.